The lowest BCUT2D eigenvalue weighted by Gasteiger charge is -2.20. The molecule has 26 heavy (non-hydrogen) atoms. The van der Waals surface area contributed by atoms with Crippen LogP contribution in [0.1, 0.15) is 24.8 Å². The maximum atomic E-state index is 13.1. The monoisotopic (exact) mass is 353 g/mol. The number of rotatable bonds is 6. The van der Waals surface area contributed by atoms with Crippen molar-refractivity contribution in [3.8, 4) is 11.4 Å². The molecule has 0 atom stereocenters. The smallest absolute Gasteiger partial charge is 0.227 e. The lowest BCUT2D eigenvalue weighted by atomic mass is 10.1. The van der Waals surface area contributed by atoms with Gasteiger partial charge in [-0.2, -0.15) is 4.98 Å². The van der Waals surface area contributed by atoms with E-state index in [1.54, 1.807) is 17.0 Å². The molecule has 0 saturated carbocycles. The largest absolute Gasteiger partial charge is 0.339 e. The SMILES string of the molecule is CCN(C(=O)CCc1nc(-c2ccc(C)cc2)no1)c1ccc(F)cc1. The molecule has 0 unspecified atom stereocenters. The Morgan fingerprint density at radius 1 is 1.12 bits per heavy atom. The molecule has 3 rings (SSSR count). The van der Waals surface area contributed by atoms with E-state index in [2.05, 4.69) is 10.1 Å². The standard InChI is InChI=1S/C20H20FN3O2/c1-3-24(17-10-8-16(21)9-11-17)19(25)13-12-18-22-20(23-26-18)15-6-4-14(2)5-7-15/h4-11H,3,12-13H2,1-2H3. The molecule has 0 saturated heterocycles. The summed E-state index contributed by atoms with van der Waals surface area (Å²) in [5.74, 6) is 0.531. The fourth-order valence-electron chi connectivity index (χ4n) is 2.65. The van der Waals surface area contributed by atoms with Crippen molar-refractivity contribution in [3.63, 3.8) is 0 Å². The quantitative estimate of drug-likeness (QED) is 0.667. The molecule has 0 radical (unpaired) electrons. The Morgan fingerprint density at radius 2 is 1.81 bits per heavy atom. The lowest BCUT2D eigenvalue weighted by molar-refractivity contribution is -0.118. The molecule has 2 aromatic carbocycles. The average Bonchev–Trinajstić information content (AvgIpc) is 3.12. The highest BCUT2D eigenvalue weighted by molar-refractivity contribution is 5.93. The molecule has 0 bridgehead atoms. The first-order valence-corrected chi connectivity index (χ1v) is 8.52. The van der Waals surface area contributed by atoms with Gasteiger partial charge in [-0.05, 0) is 38.1 Å². The minimum Gasteiger partial charge on any atom is -0.339 e. The van der Waals surface area contributed by atoms with Crippen molar-refractivity contribution in [1.82, 2.24) is 10.1 Å². The summed E-state index contributed by atoms with van der Waals surface area (Å²) in [7, 11) is 0. The zero-order valence-electron chi connectivity index (χ0n) is 14.8. The summed E-state index contributed by atoms with van der Waals surface area (Å²) in [5.41, 5.74) is 2.70. The van der Waals surface area contributed by atoms with Gasteiger partial charge in [0.2, 0.25) is 17.6 Å². The number of hydrogen-bond donors (Lipinski definition) is 0. The molecule has 6 heteroatoms. The molecule has 0 spiro atoms. The third-order valence-electron chi connectivity index (χ3n) is 4.09. The molecule has 3 aromatic rings. The molecular formula is C20H20FN3O2. The Hall–Kier alpha value is -3.02. The zero-order chi connectivity index (χ0) is 18.5. The highest BCUT2D eigenvalue weighted by atomic mass is 19.1. The number of carbonyl (C=O) groups is 1. The molecule has 1 heterocycles. The topological polar surface area (TPSA) is 59.2 Å². The zero-order valence-corrected chi connectivity index (χ0v) is 14.8. The Labute approximate surface area is 151 Å². The fraction of sp³-hybridized carbons (Fsp3) is 0.250. The molecular weight excluding hydrogens is 333 g/mol. The summed E-state index contributed by atoms with van der Waals surface area (Å²) in [4.78, 5) is 18.5. The van der Waals surface area contributed by atoms with Crippen molar-refractivity contribution in [1.29, 1.82) is 0 Å². The number of aryl methyl sites for hydroxylation is 2. The first kappa shape index (κ1) is 17.8. The van der Waals surface area contributed by atoms with Crippen LogP contribution in [0.25, 0.3) is 11.4 Å². The number of carbonyl (C=O) groups excluding carboxylic acids is 1. The number of benzene rings is 2. The Morgan fingerprint density at radius 3 is 2.46 bits per heavy atom. The summed E-state index contributed by atoms with van der Waals surface area (Å²) < 4.78 is 18.3. The van der Waals surface area contributed by atoms with Crippen LogP contribution in [0.4, 0.5) is 10.1 Å². The first-order chi connectivity index (χ1) is 12.6. The second kappa shape index (κ2) is 7.91. The van der Waals surface area contributed by atoms with E-state index in [-0.39, 0.29) is 18.1 Å². The van der Waals surface area contributed by atoms with Gasteiger partial charge in [-0.1, -0.05) is 35.0 Å². The van der Waals surface area contributed by atoms with Gasteiger partial charge in [-0.3, -0.25) is 4.79 Å². The second-order valence-electron chi connectivity index (χ2n) is 5.99. The molecule has 0 N–H and O–H groups in total. The number of hydrogen-bond acceptors (Lipinski definition) is 4. The molecule has 5 nitrogen and oxygen atoms in total. The summed E-state index contributed by atoms with van der Waals surface area (Å²) in [6.45, 7) is 4.39. The van der Waals surface area contributed by atoms with E-state index in [0.717, 1.165) is 11.1 Å². The average molecular weight is 353 g/mol. The van der Waals surface area contributed by atoms with Crippen molar-refractivity contribution >= 4 is 11.6 Å². The minimum absolute atomic E-state index is 0.0748. The fourth-order valence-corrected chi connectivity index (χ4v) is 2.65. The van der Waals surface area contributed by atoms with Crippen LogP contribution in [0.2, 0.25) is 0 Å². The van der Waals surface area contributed by atoms with E-state index in [9.17, 15) is 9.18 Å². The van der Waals surface area contributed by atoms with E-state index in [0.29, 0.717) is 30.4 Å². The second-order valence-corrected chi connectivity index (χ2v) is 5.99. The van der Waals surface area contributed by atoms with Crippen LogP contribution in [0.15, 0.2) is 53.1 Å². The number of halogens is 1. The summed E-state index contributed by atoms with van der Waals surface area (Å²) in [6.07, 6.45) is 0.593. The Kier molecular flexibility index (Phi) is 5.41. The highest BCUT2D eigenvalue weighted by Gasteiger charge is 2.16. The Bertz CT molecular complexity index is 873. The minimum atomic E-state index is -0.327. The van der Waals surface area contributed by atoms with Crippen LogP contribution < -0.4 is 4.90 Å². The molecule has 1 amide bonds. The van der Waals surface area contributed by atoms with Crippen molar-refractivity contribution in [2.24, 2.45) is 0 Å². The van der Waals surface area contributed by atoms with E-state index in [1.165, 1.54) is 12.1 Å². The summed E-state index contributed by atoms with van der Waals surface area (Å²) in [5, 5.41) is 3.97. The van der Waals surface area contributed by atoms with Gasteiger partial charge >= 0.3 is 0 Å². The van der Waals surface area contributed by atoms with Crippen LogP contribution >= 0.6 is 0 Å². The highest BCUT2D eigenvalue weighted by Crippen LogP contribution is 2.19. The van der Waals surface area contributed by atoms with Crippen LogP contribution in [0, 0.1) is 12.7 Å². The first-order valence-electron chi connectivity index (χ1n) is 8.52. The van der Waals surface area contributed by atoms with E-state index >= 15 is 0 Å². The van der Waals surface area contributed by atoms with Crippen molar-refractivity contribution in [2.45, 2.75) is 26.7 Å². The van der Waals surface area contributed by atoms with E-state index < -0.39 is 0 Å². The molecule has 0 aliphatic carbocycles. The predicted molar refractivity (Wildman–Crippen MR) is 97.2 cm³/mol. The summed E-state index contributed by atoms with van der Waals surface area (Å²) >= 11 is 0. The predicted octanol–water partition coefficient (Wildman–Crippen LogP) is 4.17. The van der Waals surface area contributed by atoms with Gasteiger partial charge in [0.15, 0.2) is 0 Å². The van der Waals surface area contributed by atoms with Gasteiger partial charge in [0.25, 0.3) is 0 Å². The van der Waals surface area contributed by atoms with E-state index in [1.807, 2.05) is 38.1 Å². The molecule has 134 valence electrons. The maximum absolute atomic E-state index is 13.1. The summed E-state index contributed by atoms with van der Waals surface area (Å²) in [6, 6.07) is 13.7. The van der Waals surface area contributed by atoms with Gasteiger partial charge in [0, 0.05) is 30.6 Å². The molecule has 0 fully saturated rings. The third-order valence-corrected chi connectivity index (χ3v) is 4.09. The van der Waals surface area contributed by atoms with Crippen molar-refractivity contribution in [2.75, 3.05) is 11.4 Å². The van der Waals surface area contributed by atoms with Gasteiger partial charge < -0.3 is 9.42 Å². The maximum Gasteiger partial charge on any atom is 0.227 e. The van der Waals surface area contributed by atoms with Crippen LogP contribution in [-0.4, -0.2) is 22.6 Å². The van der Waals surface area contributed by atoms with Crippen LogP contribution in [0.5, 0.6) is 0 Å². The lowest BCUT2D eigenvalue weighted by Crippen LogP contribution is -2.30. The number of anilines is 1. The normalized spacial score (nSPS) is 10.7. The van der Waals surface area contributed by atoms with Crippen LogP contribution in [0.3, 0.4) is 0 Å². The molecule has 0 aliphatic rings. The third kappa shape index (κ3) is 4.14. The molecule has 0 aliphatic heterocycles. The number of nitrogens with zero attached hydrogens (tertiary/aromatic N) is 3. The van der Waals surface area contributed by atoms with Crippen molar-refractivity contribution < 1.29 is 13.7 Å². The van der Waals surface area contributed by atoms with E-state index in [4.69, 9.17) is 4.52 Å². The van der Waals surface area contributed by atoms with Crippen molar-refractivity contribution in [3.05, 3.63) is 65.8 Å². The van der Waals surface area contributed by atoms with Gasteiger partial charge in [0.1, 0.15) is 5.82 Å². The van der Waals surface area contributed by atoms with Gasteiger partial charge in [-0.15, -0.1) is 0 Å². The molecule has 1 aromatic heterocycles. The van der Waals surface area contributed by atoms with Crippen LogP contribution in [-0.2, 0) is 11.2 Å². The number of aromatic nitrogens is 2. The Balaban J connectivity index is 1.63. The van der Waals surface area contributed by atoms with Gasteiger partial charge in [0.05, 0.1) is 0 Å². The van der Waals surface area contributed by atoms with Gasteiger partial charge in [-0.25, -0.2) is 4.39 Å². The number of amides is 1.